The van der Waals surface area contributed by atoms with Gasteiger partial charge in [-0.25, -0.2) is 0 Å². The van der Waals surface area contributed by atoms with Crippen LogP contribution < -0.4 is 5.32 Å². The van der Waals surface area contributed by atoms with E-state index >= 15 is 0 Å². The summed E-state index contributed by atoms with van der Waals surface area (Å²) < 4.78 is 5.50. The number of rotatable bonds is 66. The molecule has 3 N–H and O–H groups in total. The maximum absolute atomic E-state index is 12.5. The molecule has 0 saturated carbocycles. The van der Waals surface area contributed by atoms with E-state index in [1.807, 2.05) is 6.08 Å². The summed E-state index contributed by atoms with van der Waals surface area (Å²) in [5.74, 6) is -0.0458. The van der Waals surface area contributed by atoms with Crippen molar-refractivity contribution < 1.29 is 24.5 Å². The maximum Gasteiger partial charge on any atom is 0.305 e. The van der Waals surface area contributed by atoms with Gasteiger partial charge in [-0.2, -0.15) is 0 Å². The Morgan fingerprint density at radius 3 is 0.922 bits per heavy atom. The molecule has 77 heavy (non-hydrogen) atoms. The molecule has 2 unspecified atom stereocenters. The van der Waals surface area contributed by atoms with E-state index in [0.717, 1.165) is 38.5 Å². The Kier molecular flexibility index (Phi) is 65.4. The summed E-state index contributed by atoms with van der Waals surface area (Å²) in [5.41, 5.74) is 0. The Bertz CT molecular complexity index is 1200. The number of hydrogen-bond donors (Lipinski definition) is 3. The van der Waals surface area contributed by atoms with Gasteiger partial charge in [-0.05, 0) is 57.8 Å². The summed E-state index contributed by atoms with van der Waals surface area (Å²) in [6.07, 6.45) is 84.0. The van der Waals surface area contributed by atoms with Gasteiger partial charge >= 0.3 is 5.97 Å². The number of allylic oxidation sites excluding steroid dienone is 3. The van der Waals surface area contributed by atoms with Crippen molar-refractivity contribution in [3.05, 3.63) is 24.3 Å². The van der Waals surface area contributed by atoms with Crippen LogP contribution in [0.2, 0.25) is 0 Å². The molecule has 0 aromatic rings. The van der Waals surface area contributed by atoms with Crippen LogP contribution in [0.5, 0.6) is 0 Å². The van der Waals surface area contributed by atoms with Crippen molar-refractivity contribution in [3.8, 4) is 0 Å². The van der Waals surface area contributed by atoms with E-state index < -0.39 is 12.1 Å². The maximum atomic E-state index is 12.5. The lowest BCUT2D eigenvalue weighted by atomic mass is 10.0. The molecular weight excluding hydrogens is 947 g/mol. The van der Waals surface area contributed by atoms with E-state index in [-0.39, 0.29) is 18.5 Å². The van der Waals surface area contributed by atoms with Gasteiger partial charge in [0.2, 0.25) is 5.91 Å². The van der Waals surface area contributed by atoms with Gasteiger partial charge in [-0.1, -0.05) is 346 Å². The standard InChI is InChI=1S/C71H137NO5/c1-3-5-7-9-11-13-15-17-19-32-36-39-43-47-51-55-59-63-69(74)68(67-73)72-70(75)64-60-56-52-48-44-40-37-33-30-28-26-24-22-20-21-23-25-27-29-31-34-38-42-46-50-54-58-62-66-77-71(76)65-61-57-53-49-45-41-35-18-16-14-12-10-8-6-4-2/h20-21,59,63,68-69,73-74H,3-19,22-58,60-62,64-67H2,1-2H3,(H,72,75)/b21-20-,63-59+. The second kappa shape index (κ2) is 66.8. The Hall–Kier alpha value is -1.66. The highest BCUT2D eigenvalue weighted by molar-refractivity contribution is 5.76. The number of amides is 1. The van der Waals surface area contributed by atoms with E-state index in [4.69, 9.17) is 4.74 Å². The van der Waals surface area contributed by atoms with Crippen molar-refractivity contribution in [2.45, 2.75) is 405 Å². The zero-order valence-electron chi connectivity index (χ0n) is 52.2. The highest BCUT2D eigenvalue weighted by Gasteiger charge is 2.18. The number of carbonyl (C=O) groups excluding carboxylic acids is 2. The van der Waals surface area contributed by atoms with Crippen LogP contribution in [0.3, 0.4) is 0 Å². The smallest absolute Gasteiger partial charge is 0.305 e. The first kappa shape index (κ1) is 75.3. The zero-order chi connectivity index (χ0) is 55.7. The van der Waals surface area contributed by atoms with Crippen LogP contribution in [0, 0.1) is 0 Å². The molecule has 1 amide bonds. The molecule has 0 heterocycles. The summed E-state index contributed by atoms with van der Waals surface area (Å²) in [5, 5.41) is 23.2. The minimum absolute atomic E-state index is 0.0190. The van der Waals surface area contributed by atoms with Gasteiger partial charge in [-0.3, -0.25) is 9.59 Å². The van der Waals surface area contributed by atoms with Gasteiger partial charge in [-0.15, -0.1) is 0 Å². The highest BCUT2D eigenvalue weighted by atomic mass is 16.5. The highest BCUT2D eigenvalue weighted by Crippen LogP contribution is 2.18. The Balaban J connectivity index is 3.38. The van der Waals surface area contributed by atoms with Crippen LogP contribution in [0.1, 0.15) is 393 Å². The van der Waals surface area contributed by atoms with Crippen LogP contribution in [-0.4, -0.2) is 47.4 Å². The van der Waals surface area contributed by atoms with Gasteiger partial charge in [0.1, 0.15) is 0 Å². The van der Waals surface area contributed by atoms with E-state index in [9.17, 15) is 19.8 Å². The normalized spacial score (nSPS) is 12.6. The molecule has 0 fully saturated rings. The molecule has 0 saturated heterocycles. The lowest BCUT2D eigenvalue weighted by molar-refractivity contribution is -0.143. The molecule has 0 spiro atoms. The fraction of sp³-hybridized carbons (Fsp3) is 0.915. The van der Waals surface area contributed by atoms with E-state index in [1.165, 1.54) is 327 Å². The SMILES string of the molecule is CCCCCCCCCCCCCCCCC/C=C/C(O)C(CO)NC(=O)CCCCCCCCCCCCCC/C=C\CCCCCCCCCCCCCCOC(=O)CCCCCCCCCCCCCCCCC. The van der Waals surface area contributed by atoms with Crippen LogP contribution in [-0.2, 0) is 14.3 Å². The lowest BCUT2D eigenvalue weighted by Gasteiger charge is -2.20. The summed E-state index contributed by atoms with van der Waals surface area (Å²) in [6.45, 7) is 4.94. The van der Waals surface area contributed by atoms with Crippen LogP contribution in [0.15, 0.2) is 24.3 Å². The van der Waals surface area contributed by atoms with Crippen molar-refractivity contribution >= 4 is 11.9 Å². The van der Waals surface area contributed by atoms with E-state index in [1.54, 1.807) is 6.08 Å². The van der Waals surface area contributed by atoms with Crippen molar-refractivity contribution in [1.82, 2.24) is 5.32 Å². The predicted molar refractivity (Wildman–Crippen MR) is 338 cm³/mol. The monoisotopic (exact) mass is 1080 g/mol. The predicted octanol–water partition coefficient (Wildman–Crippen LogP) is 22.5. The lowest BCUT2D eigenvalue weighted by Crippen LogP contribution is -2.45. The molecule has 6 nitrogen and oxygen atoms in total. The first-order valence-corrected chi connectivity index (χ1v) is 35.1. The molecule has 0 aromatic carbocycles. The second-order valence-electron chi connectivity index (χ2n) is 24.2. The van der Waals surface area contributed by atoms with Crippen LogP contribution in [0.4, 0.5) is 0 Å². The third-order valence-electron chi connectivity index (χ3n) is 16.5. The molecule has 0 bridgehead atoms. The number of carbonyl (C=O) groups is 2. The largest absolute Gasteiger partial charge is 0.466 e. The first-order valence-electron chi connectivity index (χ1n) is 35.1. The van der Waals surface area contributed by atoms with Crippen LogP contribution in [0.25, 0.3) is 0 Å². The Morgan fingerprint density at radius 2 is 0.610 bits per heavy atom. The summed E-state index contributed by atoms with van der Waals surface area (Å²) >= 11 is 0. The van der Waals surface area contributed by atoms with Crippen molar-refractivity contribution in [1.29, 1.82) is 0 Å². The molecule has 456 valence electrons. The second-order valence-corrected chi connectivity index (χ2v) is 24.2. The number of hydrogen-bond acceptors (Lipinski definition) is 5. The molecule has 0 aliphatic carbocycles. The van der Waals surface area contributed by atoms with E-state index in [0.29, 0.717) is 19.4 Å². The molecule has 0 radical (unpaired) electrons. The minimum Gasteiger partial charge on any atom is -0.466 e. The van der Waals surface area contributed by atoms with Crippen molar-refractivity contribution in [2.75, 3.05) is 13.2 Å². The fourth-order valence-corrected chi connectivity index (χ4v) is 11.1. The summed E-state index contributed by atoms with van der Waals surface area (Å²) in [7, 11) is 0. The summed E-state index contributed by atoms with van der Waals surface area (Å²) in [4.78, 5) is 24.6. The molecule has 2 atom stereocenters. The topological polar surface area (TPSA) is 95.9 Å². The van der Waals surface area contributed by atoms with Crippen molar-refractivity contribution in [2.24, 2.45) is 0 Å². The first-order chi connectivity index (χ1) is 38.0. The molecule has 0 aromatic heterocycles. The molecule has 6 heteroatoms. The van der Waals surface area contributed by atoms with Gasteiger partial charge in [0, 0.05) is 12.8 Å². The quantitative estimate of drug-likeness (QED) is 0.0320. The van der Waals surface area contributed by atoms with Gasteiger partial charge < -0.3 is 20.3 Å². The number of unbranched alkanes of at least 4 members (excludes halogenated alkanes) is 53. The van der Waals surface area contributed by atoms with Crippen LogP contribution >= 0.6 is 0 Å². The number of ether oxygens (including phenoxy) is 1. The van der Waals surface area contributed by atoms with Crippen molar-refractivity contribution in [3.63, 3.8) is 0 Å². The molecule has 0 aliphatic rings. The Morgan fingerprint density at radius 1 is 0.351 bits per heavy atom. The van der Waals surface area contributed by atoms with E-state index in [2.05, 4.69) is 31.3 Å². The Labute approximate surface area is 481 Å². The third-order valence-corrected chi connectivity index (χ3v) is 16.5. The number of esters is 1. The average Bonchev–Trinajstić information content (AvgIpc) is 3.43. The van der Waals surface area contributed by atoms with Gasteiger partial charge in [0.05, 0.1) is 25.4 Å². The number of aliphatic hydroxyl groups excluding tert-OH is 2. The summed E-state index contributed by atoms with van der Waals surface area (Å²) in [6, 6.07) is -0.628. The molecular formula is C71H137NO5. The molecule has 0 rings (SSSR count). The number of aliphatic hydroxyl groups is 2. The fourth-order valence-electron chi connectivity index (χ4n) is 11.1. The van der Waals surface area contributed by atoms with Gasteiger partial charge in [0.25, 0.3) is 0 Å². The zero-order valence-corrected chi connectivity index (χ0v) is 52.2. The molecule has 0 aliphatic heterocycles. The number of nitrogens with one attached hydrogen (secondary N) is 1. The third kappa shape index (κ3) is 63.4. The van der Waals surface area contributed by atoms with Gasteiger partial charge in [0.15, 0.2) is 0 Å². The average molecular weight is 1080 g/mol. The minimum atomic E-state index is -0.844.